The van der Waals surface area contributed by atoms with E-state index in [0.717, 1.165) is 15.6 Å². The molecular formula is C33H30Cl2N2O5S. The molecule has 4 aromatic rings. The molecule has 1 atom stereocenters. The van der Waals surface area contributed by atoms with Crippen LogP contribution in [-0.2, 0) is 19.1 Å². The Morgan fingerprint density at radius 1 is 1.00 bits per heavy atom. The fraction of sp³-hybridized carbons (Fsp3) is 0.242. The predicted molar refractivity (Wildman–Crippen MR) is 171 cm³/mol. The number of nitrogens with one attached hydrogen (secondary N) is 1. The first-order valence-electron chi connectivity index (χ1n) is 13.8. The first kappa shape index (κ1) is 30.6. The lowest BCUT2D eigenvalue weighted by Crippen LogP contribution is -2.43. The number of hydrogen-bond acceptors (Lipinski definition) is 6. The number of esters is 1. The molecule has 1 N–H and O–H groups in total. The van der Waals surface area contributed by atoms with Crippen LogP contribution in [0.1, 0.15) is 36.4 Å². The van der Waals surface area contributed by atoms with Gasteiger partial charge in [0.25, 0.3) is 0 Å². The van der Waals surface area contributed by atoms with Gasteiger partial charge in [-0.3, -0.25) is 14.4 Å². The van der Waals surface area contributed by atoms with E-state index in [1.54, 1.807) is 23.1 Å². The van der Waals surface area contributed by atoms with Crippen LogP contribution in [0, 0.1) is 5.92 Å². The summed E-state index contributed by atoms with van der Waals surface area (Å²) in [6.07, 6.45) is 4.18. The van der Waals surface area contributed by atoms with Crippen molar-refractivity contribution in [2.24, 2.45) is 5.92 Å². The van der Waals surface area contributed by atoms with Gasteiger partial charge in [0.2, 0.25) is 11.8 Å². The largest absolute Gasteiger partial charge is 0.469 e. The van der Waals surface area contributed by atoms with E-state index >= 15 is 0 Å². The Labute approximate surface area is 264 Å². The van der Waals surface area contributed by atoms with Crippen LogP contribution in [0.5, 0.6) is 11.5 Å². The van der Waals surface area contributed by atoms with Crippen LogP contribution in [0.25, 0.3) is 16.2 Å². The number of carbonyl (C=O) groups excluding carboxylic acids is 3. The van der Waals surface area contributed by atoms with Gasteiger partial charge in [-0.05, 0) is 77.2 Å². The van der Waals surface area contributed by atoms with Gasteiger partial charge in [-0.1, -0.05) is 53.5 Å². The Morgan fingerprint density at radius 3 is 2.40 bits per heavy atom. The highest BCUT2D eigenvalue weighted by molar-refractivity contribution is 7.18. The Hall–Kier alpha value is -3.85. The maximum atomic E-state index is 13.3. The zero-order valence-corrected chi connectivity index (χ0v) is 25.8. The number of amides is 2. The lowest BCUT2D eigenvalue weighted by molar-refractivity contribution is -0.141. The molecule has 2 amide bonds. The molecule has 0 aliphatic carbocycles. The third kappa shape index (κ3) is 7.57. The molecule has 1 unspecified atom stereocenters. The smallest absolute Gasteiger partial charge is 0.307 e. The topological polar surface area (TPSA) is 84.9 Å². The van der Waals surface area contributed by atoms with Crippen molar-refractivity contribution < 1.29 is 23.9 Å². The highest BCUT2D eigenvalue weighted by atomic mass is 35.5. The molecule has 1 fully saturated rings. The molecule has 0 saturated carbocycles. The van der Waals surface area contributed by atoms with Crippen molar-refractivity contribution >= 4 is 68.5 Å². The number of thiophene rings is 1. The number of rotatable bonds is 9. The fourth-order valence-electron chi connectivity index (χ4n) is 5.00. The number of halogens is 2. The van der Waals surface area contributed by atoms with E-state index in [0.29, 0.717) is 53.0 Å². The third-order valence-corrected chi connectivity index (χ3v) is 9.35. The maximum Gasteiger partial charge on any atom is 0.307 e. The summed E-state index contributed by atoms with van der Waals surface area (Å²) >= 11 is 14.4. The minimum absolute atomic E-state index is 0.00694. The molecule has 222 valence electrons. The van der Waals surface area contributed by atoms with Gasteiger partial charge in [0, 0.05) is 25.1 Å². The summed E-state index contributed by atoms with van der Waals surface area (Å²) in [4.78, 5) is 40.1. The number of para-hydroxylation sites is 1. The molecule has 43 heavy (non-hydrogen) atoms. The van der Waals surface area contributed by atoms with Gasteiger partial charge in [0.05, 0.1) is 34.3 Å². The molecular weight excluding hydrogens is 607 g/mol. The van der Waals surface area contributed by atoms with Gasteiger partial charge in [0.15, 0.2) is 0 Å². The van der Waals surface area contributed by atoms with Gasteiger partial charge in [-0.15, -0.1) is 11.3 Å². The predicted octanol–water partition coefficient (Wildman–Crippen LogP) is 7.67. The zero-order valence-electron chi connectivity index (χ0n) is 23.4. The molecule has 0 radical (unpaired) electrons. The maximum absolute atomic E-state index is 13.3. The van der Waals surface area contributed by atoms with Crippen LogP contribution in [-0.4, -0.2) is 42.9 Å². The fourth-order valence-corrected chi connectivity index (χ4v) is 6.44. The molecule has 1 aromatic heterocycles. The molecule has 7 nitrogen and oxygen atoms in total. The molecule has 2 heterocycles. The van der Waals surface area contributed by atoms with Crippen LogP contribution in [0.4, 0.5) is 0 Å². The van der Waals surface area contributed by atoms with Crippen LogP contribution in [0.3, 0.4) is 0 Å². The molecule has 0 bridgehead atoms. The SMILES string of the molecule is COC(=O)CC(NC(=O)C1CCN(C(=O)C=Cc2cc3ccsc3c(Cl)c2Cl)CC1)c1ccc(Oc2ccccc2)cc1. The molecule has 1 saturated heterocycles. The van der Waals surface area contributed by atoms with Gasteiger partial charge in [-0.25, -0.2) is 0 Å². The van der Waals surface area contributed by atoms with E-state index in [-0.39, 0.29) is 24.2 Å². The number of hydrogen-bond donors (Lipinski definition) is 1. The van der Waals surface area contributed by atoms with Crippen molar-refractivity contribution in [2.45, 2.75) is 25.3 Å². The number of ether oxygens (including phenoxy) is 2. The minimum Gasteiger partial charge on any atom is -0.469 e. The summed E-state index contributed by atoms with van der Waals surface area (Å²) in [5.41, 5.74) is 1.44. The quantitative estimate of drug-likeness (QED) is 0.150. The van der Waals surface area contributed by atoms with Gasteiger partial charge in [-0.2, -0.15) is 0 Å². The third-order valence-electron chi connectivity index (χ3n) is 7.41. The normalized spacial score (nSPS) is 14.5. The highest BCUT2D eigenvalue weighted by Crippen LogP contribution is 2.37. The number of methoxy groups -OCH3 is 1. The first-order valence-corrected chi connectivity index (χ1v) is 15.5. The minimum atomic E-state index is -0.564. The molecule has 5 rings (SSSR count). The summed E-state index contributed by atoms with van der Waals surface area (Å²) in [6.45, 7) is 0.874. The summed E-state index contributed by atoms with van der Waals surface area (Å²) < 4.78 is 11.7. The molecule has 1 aliphatic heterocycles. The summed E-state index contributed by atoms with van der Waals surface area (Å²) in [5, 5.41) is 6.84. The average molecular weight is 638 g/mol. The van der Waals surface area contributed by atoms with Gasteiger partial charge >= 0.3 is 5.97 Å². The van der Waals surface area contributed by atoms with Crippen molar-refractivity contribution in [3.05, 3.63) is 99.4 Å². The Kier molecular flexibility index (Phi) is 10.0. The summed E-state index contributed by atoms with van der Waals surface area (Å²) in [5.74, 6) is 0.318. The Morgan fingerprint density at radius 2 is 1.70 bits per heavy atom. The van der Waals surface area contributed by atoms with Crippen LogP contribution >= 0.6 is 34.5 Å². The zero-order chi connectivity index (χ0) is 30.3. The number of carbonyl (C=O) groups is 3. The van der Waals surface area contributed by atoms with Crippen LogP contribution in [0.2, 0.25) is 10.0 Å². The van der Waals surface area contributed by atoms with E-state index in [2.05, 4.69) is 5.32 Å². The number of piperidine rings is 1. The number of benzene rings is 3. The van der Waals surface area contributed by atoms with E-state index < -0.39 is 12.0 Å². The second kappa shape index (κ2) is 14.1. The van der Waals surface area contributed by atoms with Crippen molar-refractivity contribution in [3.8, 4) is 11.5 Å². The monoisotopic (exact) mass is 636 g/mol. The number of nitrogens with zero attached hydrogens (tertiary/aromatic N) is 1. The first-order chi connectivity index (χ1) is 20.8. The van der Waals surface area contributed by atoms with Crippen molar-refractivity contribution in [2.75, 3.05) is 20.2 Å². The number of fused-ring (bicyclic) bond motifs is 1. The second-order valence-corrected chi connectivity index (χ2v) is 11.9. The Balaban J connectivity index is 1.18. The second-order valence-electron chi connectivity index (χ2n) is 10.2. The van der Waals surface area contributed by atoms with Crippen molar-refractivity contribution in [3.63, 3.8) is 0 Å². The van der Waals surface area contributed by atoms with Crippen molar-refractivity contribution in [1.82, 2.24) is 10.2 Å². The van der Waals surface area contributed by atoms with Crippen molar-refractivity contribution in [1.29, 1.82) is 0 Å². The summed E-state index contributed by atoms with van der Waals surface area (Å²) in [6, 6.07) is 20.0. The van der Waals surface area contributed by atoms with Crippen LogP contribution < -0.4 is 10.1 Å². The summed E-state index contributed by atoms with van der Waals surface area (Å²) in [7, 11) is 1.32. The average Bonchev–Trinajstić information content (AvgIpc) is 3.51. The van der Waals surface area contributed by atoms with Gasteiger partial charge < -0.3 is 19.7 Å². The standard InChI is InChI=1S/C33H30Cl2N2O5S/c1-41-29(39)20-27(21-7-10-26(11-8-21)42-25-5-3-2-4-6-25)36-33(40)22-13-16-37(17-14-22)28(38)12-9-23-19-24-15-18-43-32(24)31(35)30(23)34/h2-12,15,18-19,22,27H,13-14,16-17,20H2,1H3,(H,36,40). The van der Waals surface area contributed by atoms with Crippen LogP contribution in [0.15, 0.2) is 78.2 Å². The van der Waals surface area contributed by atoms with E-state index in [9.17, 15) is 14.4 Å². The van der Waals surface area contributed by atoms with E-state index in [1.165, 1.54) is 24.5 Å². The lowest BCUT2D eigenvalue weighted by atomic mass is 9.94. The lowest BCUT2D eigenvalue weighted by Gasteiger charge is -2.31. The molecule has 1 aliphatic rings. The van der Waals surface area contributed by atoms with E-state index in [1.807, 2.05) is 60.0 Å². The number of likely N-dealkylation sites (tertiary alicyclic amines) is 1. The highest BCUT2D eigenvalue weighted by Gasteiger charge is 2.29. The molecule has 3 aromatic carbocycles. The van der Waals surface area contributed by atoms with E-state index in [4.69, 9.17) is 32.7 Å². The molecule has 10 heteroatoms. The van der Waals surface area contributed by atoms with Gasteiger partial charge in [0.1, 0.15) is 11.5 Å². The molecule has 0 spiro atoms. The Bertz CT molecular complexity index is 1630.